The molecule has 23 heavy (non-hydrogen) atoms. The van der Waals surface area contributed by atoms with E-state index in [4.69, 9.17) is 18.9 Å². The predicted molar refractivity (Wildman–Crippen MR) is 83.1 cm³/mol. The van der Waals surface area contributed by atoms with E-state index in [1.54, 1.807) is 4.68 Å². The van der Waals surface area contributed by atoms with Gasteiger partial charge in [-0.25, -0.2) is 4.68 Å². The van der Waals surface area contributed by atoms with Crippen molar-refractivity contribution in [2.45, 2.75) is 33.4 Å². The number of aromatic nitrogens is 3. The number of carbonyl (C=O) groups excluding carboxylic acids is 1. The molecular formula is C15H27N3O5. The fourth-order valence-electron chi connectivity index (χ4n) is 1.65. The third-order valence-electron chi connectivity index (χ3n) is 2.70. The van der Waals surface area contributed by atoms with Crippen LogP contribution in [0.1, 0.15) is 26.0 Å². The van der Waals surface area contributed by atoms with E-state index in [1.165, 1.54) is 6.92 Å². The smallest absolute Gasteiger partial charge is 0.155 e. The van der Waals surface area contributed by atoms with E-state index >= 15 is 0 Å². The van der Waals surface area contributed by atoms with Crippen LogP contribution in [-0.2, 0) is 36.9 Å². The second kappa shape index (κ2) is 13.1. The molecule has 1 rings (SSSR count). The molecule has 1 heterocycles. The van der Waals surface area contributed by atoms with Crippen LogP contribution >= 0.6 is 0 Å². The normalized spacial score (nSPS) is 11.0. The molecule has 0 fully saturated rings. The Labute approximate surface area is 137 Å². The maximum atomic E-state index is 10.7. The van der Waals surface area contributed by atoms with Crippen LogP contribution in [0, 0.1) is 0 Å². The summed E-state index contributed by atoms with van der Waals surface area (Å²) in [4.78, 5) is 10.7. The third-order valence-corrected chi connectivity index (χ3v) is 2.70. The van der Waals surface area contributed by atoms with Gasteiger partial charge in [-0.3, -0.25) is 4.79 Å². The molecule has 0 aliphatic carbocycles. The monoisotopic (exact) mass is 329 g/mol. The largest absolute Gasteiger partial charge is 0.379 e. The quantitative estimate of drug-likeness (QED) is 0.441. The number of ketones is 1. The van der Waals surface area contributed by atoms with Crippen LogP contribution in [0.5, 0.6) is 0 Å². The van der Waals surface area contributed by atoms with Gasteiger partial charge in [0, 0.05) is 6.61 Å². The molecule has 8 heteroatoms. The maximum Gasteiger partial charge on any atom is 0.155 e. The average Bonchev–Trinajstić information content (AvgIpc) is 2.97. The van der Waals surface area contributed by atoms with Crippen LogP contribution in [0.4, 0.5) is 0 Å². The minimum Gasteiger partial charge on any atom is -0.379 e. The van der Waals surface area contributed by atoms with Crippen molar-refractivity contribution in [2.75, 3.05) is 46.2 Å². The highest BCUT2D eigenvalue weighted by Gasteiger charge is 2.01. The molecule has 8 nitrogen and oxygen atoms in total. The molecule has 0 aromatic carbocycles. The van der Waals surface area contributed by atoms with Gasteiger partial charge in [0.05, 0.1) is 52.4 Å². The molecule has 0 unspecified atom stereocenters. The second-order valence-electron chi connectivity index (χ2n) is 5.00. The van der Waals surface area contributed by atoms with Crippen molar-refractivity contribution in [3.63, 3.8) is 0 Å². The summed E-state index contributed by atoms with van der Waals surface area (Å²) >= 11 is 0. The summed E-state index contributed by atoms with van der Waals surface area (Å²) in [5, 5.41) is 8.03. The number of ether oxygens (including phenoxy) is 4. The minimum atomic E-state index is 0.0132. The summed E-state index contributed by atoms with van der Waals surface area (Å²) in [6.45, 7) is 8.03. The van der Waals surface area contributed by atoms with Gasteiger partial charge in [0.15, 0.2) is 5.78 Å². The molecule has 0 spiro atoms. The first-order valence-electron chi connectivity index (χ1n) is 7.91. The Kier molecular flexibility index (Phi) is 11.2. The van der Waals surface area contributed by atoms with E-state index in [1.807, 2.05) is 6.20 Å². The van der Waals surface area contributed by atoms with E-state index < -0.39 is 0 Å². The Hall–Kier alpha value is -1.35. The van der Waals surface area contributed by atoms with Crippen molar-refractivity contribution in [1.29, 1.82) is 0 Å². The molecule has 1 aromatic rings. The molecule has 0 atom stereocenters. The minimum absolute atomic E-state index is 0.0132. The first-order valence-corrected chi connectivity index (χ1v) is 7.91. The molecule has 0 saturated carbocycles. The van der Waals surface area contributed by atoms with Crippen molar-refractivity contribution in [3.8, 4) is 0 Å². The standard InChI is InChI=1S/C15H27N3O5/c1-3-5-20-7-10-23-13-15-11-18(17-16-15)4-6-21-8-9-22-12-14(2)19/h11H,3-10,12-13H2,1-2H3. The van der Waals surface area contributed by atoms with Crippen LogP contribution in [0.3, 0.4) is 0 Å². The predicted octanol–water partition coefficient (Wildman–Crippen LogP) is 0.844. The Morgan fingerprint density at radius 1 is 1.04 bits per heavy atom. The van der Waals surface area contributed by atoms with Gasteiger partial charge in [0.1, 0.15) is 12.3 Å². The van der Waals surface area contributed by atoms with Crippen LogP contribution in [0.25, 0.3) is 0 Å². The van der Waals surface area contributed by atoms with E-state index in [0.717, 1.165) is 18.7 Å². The second-order valence-corrected chi connectivity index (χ2v) is 5.00. The Morgan fingerprint density at radius 2 is 1.74 bits per heavy atom. The Balaban J connectivity index is 1.99. The van der Waals surface area contributed by atoms with Crippen LogP contribution in [0.2, 0.25) is 0 Å². The lowest BCUT2D eigenvalue weighted by atomic mass is 10.5. The number of hydrogen-bond acceptors (Lipinski definition) is 7. The molecule has 0 bridgehead atoms. The van der Waals surface area contributed by atoms with Gasteiger partial charge < -0.3 is 18.9 Å². The van der Waals surface area contributed by atoms with Gasteiger partial charge in [-0.05, 0) is 13.3 Å². The van der Waals surface area contributed by atoms with Gasteiger partial charge in [-0.1, -0.05) is 12.1 Å². The van der Waals surface area contributed by atoms with Crippen molar-refractivity contribution >= 4 is 5.78 Å². The zero-order chi connectivity index (χ0) is 16.8. The average molecular weight is 329 g/mol. The van der Waals surface area contributed by atoms with Crippen molar-refractivity contribution in [3.05, 3.63) is 11.9 Å². The van der Waals surface area contributed by atoms with Gasteiger partial charge >= 0.3 is 0 Å². The SMILES string of the molecule is CCCOCCOCc1cn(CCOCCOCC(C)=O)nn1. The van der Waals surface area contributed by atoms with Gasteiger partial charge in [-0.15, -0.1) is 5.10 Å². The first kappa shape index (κ1) is 19.7. The van der Waals surface area contributed by atoms with E-state index in [-0.39, 0.29) is 12.4 Å². The molecule has 132 valence electrons. The van der Waals surface area contributed by atoms with Crippen LogP contribution < -0.4 is 0 Å². The molecule has 0 aliphatic heterocycles. The Morgan fingerprint density at radius 3 is 2.48 bits per heavy atom. The summed E-state index contributed by atoms with van der Waals surface area (Å²) in [6.07, 6.45) is 2.85. The Bertz CT molecular complexity index is 425. The summed E-state index contributed by atoms with van der Waals surface area (Å²) in [6, 6.07) is 0. The van der Waals surface area contributed by atoms with Crippen LogP contribution in [-0.4, -0.2) is 67.0 Å². The van der Waals surface area contributed by atoms with E-state index in [2.05, 4.69) is 17.2 Å². The number of carbonyl (C=O) groups is 1. The first-order chi connectivity index (χ1) is 11.2. The van der Waals surface area contributed by atoms with Crippen molar-refractivity contribution < 1.29 is 23.7 Å². The third kappa shape index (κ3) is 10.9. The van der Waals surface area contributed by atoms with Gasteiger partial charge in [-0.2, -0.15) is 0 Å². The molecule has 0 N–H and O–H groups in total. The zero-order valence-corrected chi connectivity index (χ0v) is 14.0. The highest BCUT2D eigenvalue weighted by molar-refractivity contribution is 5.76. The van der Waals surface area contributed by atoms with Crippen LogP contribution in [0.15, 0.2) is 6.20 Å². The molecular weight excluding hydrogens is 302 g/mol. The molecule has 0 saturated heterocycles. The summed E-state index contributed by atoms with van der Waals surface area (Å²) in [7, 11) is 0. The lowest BCUT2D eigenvalue weighted by molar-refractivity contribution is -0.121. The lowest BCUT2D eigenvalue weighted by Gasteiger charge is -2.04. The molecule has 0 amide bonds. The fraction of sp³-hybridized carbons (Fsp3) is 0.800. The number of Topliss-reactive ketones (excluding diaryl/α,β-unsaturated/α-hetero) is 1. The van der Waals surface area contributed by atoms with Gasteiger partial charge in [0.25, 0.3) is 0 Å². The zero-order valence-electron chi connectivity index (χ0n) is 14.0. The molecule has 0 radical (unpaired) electrons. The summed E-state index contributed by atoms with van der Waals surface area (Å²) < 4.78 is 23.0. The topological polar surface area (TPSA) is 84.7 Å². The summed E-state index contributed by atoms with van der Waals surface area (Å²) in [5.74, 6) is 0.0132. The molecule has 0 aliphatic rings. The summed E-state index contributed by atoms with van der Waals surface area (Å²) in [5.41, 5.74) is 0.783. The van der Waals surface area contributed by atoms with E-state index in [9.17, 15) is 4.79 Å². The fourth-order valence-corrected chi connectivity index (χ4v) is 1.65. The maximum absolute atomic E-state index is 10.7. The number of nitrogens with zero attached hydrogens (tertiary/aromatic N) is 3. The molecule has 1 aromatic heterocycles. The number of hydrogen-bond donors (Lipinski definition) is 0. The lowest BCUT2D eigenvalue weighted by Crippen LogP contribution is -2.12. The van der Waals surface area contributed by atoms with Gasteiger partial charge in [0.2, 0.25) is 0 Å². The van der Waals surface area contributed by atoms with Crippen molar-refractivity contribution in [2.24, 2.45) is 0 Å². The highest BCUT2D eigenvalue weighted by Crippen LogP contribution is 1.96. The highest BCUT2D eigenvalue weighted by atomic mass is 16.5. The van der Waals surface area contributed by atoms with Crippen molar-refractivity contribution in [1.82, 2.24) is 15.0 Å². The number of rotatable bonds is 15. The van der Waals surface area contributed by atoms with E-state index in [0.29, 0.717) is 46.2 Å².